The first kappa shape index (κ1) is 4.92. The summed E-state index contributed by atoms with van der Waals surface area (Å²) in [6, 6.07) is 0. The van der Waals surface area contributed by atoms with E-state index in [-0.39, 0.29) is 0 Å². The predicted molar refractivity (Wildman–Crippen MR) is 18.6 cm³/mol. The average molecular weight is 76.1 g/mol. The molecule has 0 aliphatic carbocycles. The first-order valence-electron chi connectivity index (χ1n) is 1.57. The molecule has 0 aromatic heterocycles. The third-order valence-corrected chi connectivity index (χ3v) is 0.236. The highest BCUT2D eigenvalue weighted by molar-refractivity contribution is 3.90. The fourth-order valence-corrected chi connectivity index (χ4v) is 0.118. The molecule has 0 saturated heterocycles. The van der Waals surface area contributed by atoms with Gasteiger partial charge in [0.25, 0.3) is 0 Å². The predicted octanol–water partition coefficient (Wildman–Crippen LogP) is 0.584. The van der Waals surface area contributed by atoms with Crippen LogP contribution in [0.25, 0.3) is 0 Å². The molecule has 0 atom stereocenters. The van der Waals surface area contributed by atoms with E-state index in [1.165, 1.54) is 7.11 Å². The molecular weight excluding hydrogens is 68.0 g/mol. The van der Waals surface area contributed by atoms with Gasteiger partial charge in [-0.3, -0.25) is 0 Å². The molecule has 0 unspecified atom stereocenters. The summed E-state index contributed by atoms with van der Waals surface area (Å²) in [4.78, 5) is 8.52. The van der Waals surface area contributed by atoms with E-state index in [9.17, 15) is 0 Å². The first-order chi connectivity index (χ1) is 2.41. The van der Waals surface area contributed by atoms with Crippen LogP contribution >= 0.6 is 0 Å². The highest BCUT2D eigenvalue weighted by Gasteiger charge is 1.63. The maximum Gasteiger partial charge on any atom is 0.0794 e. The molecule has 32 valence electrons. The summed E-state index contributed by atoms with van der Waals surface area (Å²) in [7, 11) is 1.49. The lowest BCUT2D eigenvalue weighted by Gasteiger charge is -1.86. The lowest BCUT2D eigenvalue weighted by Crippen LogP contribution is -1.83. The van der Waals surface area contributed by atoms with E-state index in [1.54, 1.807) is 0 Å². The molecule has 0 rings (SSSR count). The second kappa shape index (κ2) is 3.92. The zero-order valence-corrected chi connectivity index (χ0v) is 3.52. The SMILES string of the molecule is CCOOC. The second-order valence-corrected chi connectivity index (χ2v) is 0.573. The molecule has 0 bridgehead atoms. The number of hydrogen-bond acceptors (Lipinski definition) is 2. The van der Waals surface area contributed by atoms with Gasteiger partial charge in [0.1, 0.15) is 0 Å². The minimum Gasteiger partial charge on any atom is -0.240 e. The van der Waals surface area contributed by atoms with E-state index >= 15 is 0 Å². The van der Waals surface area contributed by atoms with Gasteiger partial charge >= 0.3 is 0 Å². The normalized spacial score (nSPS) is 8.40. The zero-order valence-electron chi connectivity index (χ0n) is 3.52. The van der Waals surface area contributed by atoms with E-state index in [1.807, 2.05) is 6.92 Å². The molecule has 0 saturated carbocycles. The van der Waals surface area contributed by atoms with E-state index in [2.05, 4.69) is 9.78 Å². The van der Waals surface area contributed by atoms with Gasteiger partial charge in [0.05, 0.1) is 13.7 Å². The van der Waals surface area contributed by atoms with Crippen molar-refractivity contribution in [3.8, 4) is 0 Å². The van der Waals surface area contributed by atoms with E-state index in [0.29, 0.717) is 6.61 Å². The van der Waals surface area contributed by atoms with Gasteiger partial charge < -0.3 is 0 Å². The Morgan fingerprint density at radius 3 is 2.20 bits per heavy atom. The smallest absolute Gasteiger partial charge is 0.0794 e. The van der Waals surface area contributed by atoms with Gasteiger partial charge in [-0.15, -0.1) is 0 Å². The minimum absolute atomic E-state index is 0.622. The maximum absolute atomic E-state index is 4.33. The third kappa shape index (κ3) is 3.92. The Balaban J connectivity index is 2.19. The lowest BCUT2D eigenvalue weighted by molar-refractivity contribution is -0.268. The Morgan fingerprint density at radius 2 is 2.20 bits per heavy atom. The Kier molecular flexibility index (Phi) is 3.86. The van der Waals surface area contributed by atoms with Gasteiger partial charge in [-0.25, -0.2) is 9.78 Å². The highest BCUT2D eigenvalue weighted by Crippen LogP contribution is 1.64. The molecular formula is C3H8O2. The van der Waals surface area contributed by atoms with E-state index in [4.69, 9.17) is 0 Å². The summed E-state index contributed by atoms with van der Waals surface area (Å²) in [5.74, 6) is 0. The second-order valence-electron chi connectivity index (χ2n) is 0.573. The van der Waals surface area contributed by atoms with Crippen LogP contribution in [-0.4, -0.2) is 13.7 Å². The monoisotopic (exact) mass is 76.1 g/mol. The maximum atomic E-state index is 4.33. The van der Waals surface area contributed by atoms with Crippen LogP contribution < -0.4 is 0 Å². The topological polar surface area (TPSA) is 18.5 Å². The molecule has 0 N–H and O–H groups in total. The van der Waals surface area contributed by atoms with Crippen LogP contribution in [0.15, 0.2) is 0 Å². The summed E-state index contributed by atoms with van der Waals surface area (Å²) in [5, 5.41) is 0. The van der Waals surface area contributed by atoms with Crippen molar-refractivity contribution in [3.05, 3.63) is 0 Å². The molecule has 0 radical (unpaired) electrons. The third-order valence-electron chi connectivity index (χ3n) is 0.236. The van der Waals surface area contributed by atoms with Gasteiger partial charge in [-0.1, -0.05) is 0 Å². The van der Waals surface area contributed by atoms with Crippen molar-refractivity contribution in [3.63, 3.8) is 0 Å². The van der Waals surface area contributed by atoms with Crippen molar-refractivity contribution in [2.75, 3.05) is 13.7 Å². The van der Waals surface area contributed by atoms with Crippen LogP contribution in [0.5, 0.6) is 0 Å². The molecule has 0 spiro atoms. The Bertz CT molecular complexity index is 12.4. The van der Waals surface area contributed by atoms with Gasteiger partial charge in [-0.05, 0) is 6.92 Å². The van der Waals surface area contributed by atoms with Crippen LogP contribution in [0, 0.1) is 0 Å². The van der Waals surface area contributed by atoms with Gasteiger partial charge in [0, 0.05) is 0 Å². The molecule has 0 fully saturated rings. The molecule has 0 aliphatic heterocycles. The molecule has 0 amide bonds. The van der Waals surface area contributed by atoms with Crippen LogP contribution in [0.1, 0.15) is 6.92 Å². The Morgan fingerprint density at radius 1 is 1.60 bits per heavy atom. The molecule has 0 aromatic carbocycles. The largest absolute Gasteiger partial charge is 0.240 e. The summed E-state index contributed by atoms with van der Waals surface area (Å²) < 4.78 is 0. The van der Waals surface area contributed by atoms with Gasteiger partial charge in [-0.2, -0.15) is 0 Å². The van der Waals surface area contributed by atoms with Crippen LogP contribution in [-0.2, 0) is 9.78 Å². The summed E-state index contributed by atoms with van der Waals surface area (Å²) in [5.41, 5.74) is 0. The Hall–Kier alpha value is -0.0800. The fourth-order valence-electron chi connectivity index (χ4n) is 0.118. The van der Waals surface area contributed by atoms with Crippen LogP contribution in [0.3, 0.4) is 0 Å². The van der Waals surface area contributed by atoms with E-state index < -0.39 is 0 Å². The van der Waals surface area contributed by atoms with Crippen molar-refractivity contribution in [1.29, 1.82) is 0 Å². The number of hydrogen-bond donors (Lipinski definition) is 0. The van der Waals surface area contributed by atoms with Crippen LogP contribution in [0.4, 0.5) is 0 Å². The minimum atomic E-state index is 0.622. The van der Waals surface area contributed by atoms with Crippen molar-refractivity contribution >= 4 is 0 Å². The average Bonchev–Trinajstić information content (AvgIpc) is 1.41. The van der Waals surface area contributed by atoms with Crippen LogP contribution in [0.2, 0.25) is 0 Å². The summed E-state index contributed by atoms with van der Waals surface area (Å²) in [6.07, 6.45) is 0. The van der Waals surface area contributed by atoms with E-state index in [0.717, 1.165) is 0 Å². The first-order valence-corrected chi connectivity index (χ1v) is 1.57. The standard InChI is InChI=1S/C3H8O2/c1-3-5-4-2/h3H2,1-2H3. The van der Waals surface area contributed by atoms with Crippen molar-refractivity contribution in [1.82, 2.24) is 0 Å². The van der Waals surface area contributed by atoms with Gasteiger partial charge in [0.15, 0.2) is 0 Å². The molecule has 0 aromatic rings. The van der Waals surface area contributed by atoms with Crippen molar-refractivity contribution < 1.29 is 9.78 Å². The molecule has 2 heteroatoms. The summed E-state index contributed by atoms with van der Waals surface area (Å²) in [6.45, 7) is 2.49. The molecule has 0 heterocycles. The summed E-state index contributed by atoms with van der Waals surface area (Å²) >= 11 is 0. The number of rotatable bonds is 2. The quantitative estimate of drug-likeness (QED) is 0.354. The van der Waals surface area contributed by atoms with Crippen molar-refractivity contribution in [2.24, 2.45) is 0 Å². The lowest BCUT2D eigenvalue weighted by atomic mass is 10.9. The Labute approximate surface area is 31.6 Å². The molecule has 2 nitrogen and oxygen atoms in total. The fraction of sp³-hybridized carbons (Fsp3) is 1.00. The zero-order chi connectivity index (χ0) is 4.12. The molecule has 5 heavy (non-hydrogen) atoms. The molecule has 0 aliphatic rings. The van der Waals surface area contributed by atoms with Crippen molar-refractivity contribution in [2.45, 2.75) is 6.92 Å². The highest BCUT2D eigenvalue weighted by atomic mass is 17.2. The van der Waals surface area contributed by atoms with Gasteiger partial charge in [0.2, 0.25) is 0 Å².